The minimum Gasteiger partial charge on any atom is -0.496 e. The SMILES string of the molecule is COc1ccccc1/C=C/C(=O)c1cc(F)ccc1OC(=O)c1ccccc1OC. The molecule has 0 spiro atoms. The molecule has 3 aromatic rings. The molecule has 30 heavy (non-hydrogen) atoms. The zero-order valence-corrected chi connectivity index (χ0v) is 16.4. The molecule has 0 bridgehead atoms. The van der Waals surface area contributed by atoms with E-state index in [1.807, 2.05) is 0 Å². The molecule has 0 aliphatic rings. The van der Waals surface area contributed by atoms with Crippen molar-refractivity contribution in [1.29, 1.82) is 0 Å². The van der Waals surface area contributed by atoms with Crippen molar-refractivity contribution in [3.8, 4) is 17.2 Å². The van der Waals surface area contributed by atoms with Crippen LogP contribution < -0.4 is 14.2 Å². The number of allylic oxidation sites excluding steroid dienone is 1. The first-order valence-electron chi connectivity index (χ1n) is 9.03. The van der Waals surface area contributed by atoms with E-state index in [0.717, 1.165) is 12.1 Å². The third-order valence-corrected chi connectivity index (χ3v) is 4.29. The number of ether oxygens (including phenoxy) is 3. The number of rotatable bonds is 7. The van der Waals surface area contributed by atoms with Gasteiger partial charge in [0.05, 0.1) is 19.8 Å². The smallest absolute Gasteiger partial charge is 0.347 e. The number of para-hydroxylation sites is 2. The Labute approximate surface area is 173 Å². The number of hydrogen-bond donors (Lipinski definition) is 0. The van der Waals surface area contributed by atoms with E-state index in [9.17, 15) is 14.0 Å². The van der Waals surface area contributed by atoms with Crippen molar-refractivity contribution >= 4 is 17.8 Å². The van der Waals surface area contributed by atoms with Crippen LogP contribution in [0, 0.1) is 5.82 Å². The van der Waals surface area contributed by atoms with E-state index >= 15 is 0 Å². The lowest BCUT2D eigenvalue weighted by molar-refractivity contribution is 0.0729. The second-order valence-corrected chi connectivity index (χ2v) is 6.17. The Bertz CT molecular complexity index is 1100. The normalized spacial score (nSPS) is 10.6. The van der Waals surface area contributed by atoms with Crippen LogP contribution >= 0.6 is 0 Å². The Kier molecular flexibility index (Phi) is 6.60. The highest BCUT2D eigenvalue weighted by Gasteiger charge is 2.18. The summed E-state index contributed by atoms with van der Waals surface area (Å²) < 4.78 is 29.6. The number of benzene rings is 3. The lowest BCUT2D eigenvalue weighted by Gasteiger charge is -2.11. The zero-order chi connectivity index (χ0) is 21.5. The molecular formula is C24H19FO5. The minimum absolute atomic E-state index is 0.0537. The van der Waals surface area contributed by atoms with E-state index in [4.69, 9.17) is 14.2 Å². The maximum Gasteiger partial charge on any atom is 0.347 e. The number of carbonyl (C=O) groups is 2. The third-order valence-electron chi connectivity index (χ3n) is 4.29. The second-order valence-electron chi connectivity index (χ2n) is 6.17. The third kappa shape index (κ3) is 4.72. The van der Waals surface area contributed by atoms with Gasteiger partial charge >= 0.3 is 5.97 Å². The van der Waals surface area contributed by atoms with Gasteiger partial charge in [-0.3, -0.25) is 4.79 Å². The number of hydrogen-bond acceptors (Lipinski definition) is 5. The van der Waals surface area contributed by atoms with E-state index in [1.54, 1.807) is 48.5 Å². The average Bonchev–Trinajstić information content (AvgIpc) is 2.78. The molecule has 6 heteroatoms. The Hall–Kier alpha value is -3.93. The van der Waals surface area contributed by atoms with Crippen molar-refractivity contribution in [2.24, 2.45) is 0 Å². The summed E-state index contributed by atoms with van der Waals surface area (Å²) in [4.78, 5) is 25.3. The molecule has 0 aliphatic heterocycles. The first-order valence-corrected chi connectivity index (χ1v) is 9.03. The largest absolute Gasteiger partial charge is 0.496 e. The van der Waals surface area contributed by atoms with E-state index < -0.39 is 17.6 Å². The summed E-state index contributed by atoms with van der Waals surface area (Å²) in [6, 6.07) is 17.0. The fourth-order valence-electron chi connectivity index (χ4n) is 2.81. The van der Waals surface area contributed by atoms with Gasteiger partial charge in [0.1, 0.15) is 28.6 Å². The molecule has 0 fully saturated rings. The van der Waals surface area contributed by atoms with Gasteiger partial charge in [0.15, 0.2) is 5.78 Å². The summed E-state index contributed by atoms with van der Waals surface area (Å²) in [6.07, 6.45) is 2.82. The zero-order valence-electron chi connectivity index (χ0n) is 16.4. The van der Waals surface area contributed by atoms with Crippen LogP contribution in [0.4, 0.5) is 4.39 Å². The monoisotopic (exact) mass is 406 g/mol. The van der Waals surface area contributed by atoms with Crippen LogP contribution in [0.2, 0.25) is 0 Å². The standard InChI is InChI=1S/C24H19FO5/c1-28-21-9-5-3-7-16(21)11-13-20(26)19-15-17(25)12-14-23(19)30-24(27)18-8-4-6-10-22(18)29-2/h3-15H,1-2H3/b13-11+. The van der Waals surface area contributed by atoms with Gasteiger partial charge in [-0.15, -0.1) is 0 Å². The number of esters is 1. The lowest BCUT2D eigenvalue weighted by atomic mass is 10.1. The van der Waals surface area contributed by atoms with Crippen molar-refractivity contribution in [3.63, 3.8) is 0 Å². The first kappa shape index (κ1) is 20.8. The highest BCUT2D eigenvalue weighted by molar-refractivity contribution is 6.09. The molecule has 5 nitrogen and oxygen atoms in total. The molecule has 0 N–H and O–H groups in total. The Balaban J connectivity index is 1.89. The Morgan fingerprint density at radius 2 is 1.47 bits per heavy atom. The summed E-state index contributed by atoms with van der Waals surface area (Å²) in [6.45, 7) is 0. The number of halogens is 1. The molecule has 0 aromatic heterocycles. The van der Waals surface area contributed by atoms with Gasteiger partial charge in [0.2, 0.25) is 0 Å². The maximum absolute atomic E-state index is 13.8. The van der Waals surface area contributed by atoms with Gasteiger partial charge in [0, 0.05) is 5.56 Å². The number of carbonyl (C=O) groups excluding carboxylic acids is 2. The summed E-state index contributed by atoms with van der Waals surface area (Å²) >= 11 is 0. The minimum atomic E-state index is -0.721. The molecule has 0 amide bonds. The molecular weight excluding hydrogens is 387 g/mol. The van der Waals surface area contributed by atoms with Gasteiger partial charge in [0.25, 0.3) is 0 Å². The van der Waals surface area contributed by atoms with Gasteiger partial charge in [-0.2, -0.15) is 0 Å². The van der Waals surface area contributed by atoms with Gasteiger partial charge < -0.3 is 14.2 Å². The van der Waals surface area contributed by atoms with Crippen LogP contribution in [0.5, 0.6) is 17.2 Å². The Morgan fingerprint density at radius 3 is 2.20 bits per heavy atom. The second kappa shape index (κ2) is 9.52. The van der Waals surface area contributed by atoms with Gasteiger partial charge in [-0.05, 0) is 48.6 Å². The molecule has 3 aromatic carbocycles. The van der Waals surface area contributed by atoms with Gasteiger partial charge in [-0.1, -0.05) is 30.3 Å². The molecule has 0 heterocycles. The van der Waals surface area contributed by atoms with Crippen molar-refractivity contribution < 1.29 is 28.2 Å². The van der Waals surface area contributed by atoms with E-state index in [0.29, 0.717) is 17.1 Å². The van der Waals surface area contributed by atoms with E-state index in [-0.39, 0.29) is 16.9 Å². The lowest BCUT2D eigenvalue weighted by Crippen LogP contribution is -2.12. The van der Waals surface area contributed by atoms with Crippen LogP contribution in [0.1, 0.15) is 26.3 Å². The molecule has 0 atom stereocenters. The van der Waals surface area contributed by atoms with Crippen LogP contribution in [0.25, 0.3) is 6.08 Å². The maximum atomic E-state index is 13.8. The molecule has 0 unspecified atom stereocenters. The highest BCUT2D eigenvalue weighted by Crippen LogP contribution is 2.25. The fraction of sp³-hybridized carbons (Fsp3) is 0.0833. The summed E-state index contributed by atoms with van der Waals surface area (Å²) in [5, 5.41) is 0. The average molecular weight is 406 g/mol. The number of ketones is 1. The predicted octanol–water partition coefficient (Wildman–Crippen LogP) is 4.96. The first-order chi connectivity index (χ1) is 14.5. The summed E-state index contributed by atoms with van der Waals surface area (Å²) in [5.41, 5.74) is 0.786. The molecule has 0 saturated heterocycles. The van der Waals surface area contributed by atoms with Crippen LogP contribution in [-0.4, -0.2) is 26.0 Å². The molecule has 0 aliphatic carbocycles. The summed E-state index contributed by atoms with van der Waals surface area (Å²) in [7, 11) is 2.96. The fourth-order valence-corrected chi connectivity index (χ4v) is 2.81. The quantitative estimate of drug-likeness (QED) is 0.240. The van der Waals surface area contributed by atoms with Crippen LogP contribution in [0.15, 0.2) is 72.8 Å². The van der Waals surface area contributed by atoms with Crippen molar-refractivity contribution in [2.75, 3.05) is 14.2 Å². The molecule has 3 rings (SSSR count). The molecule has 0 saturated carbocycles. The van der Waals surface area contributed by atoms with Crippen LogP contribution in [0.3, 0.4) is 0 Å². The summed E-state index contributed by atoms with van der Waals surface area (Å²) in [5.74, 6) is -1.01. The highest BCUT2D eigenvalue weighted by atomic mass is 19.1. The molecule has 152 valence electrons. The van der Waals surface area contributed by atoms with Crippen molar-refractivity contribution in [3.05, 3.63) is 95.3 Å². The Morgan fingerprint density at radius 1 is 0.800 bits per heavy atom. The number of methoxy groups -OCH3 is 2. The molecule has 0 radical (unpaired) electrons. The van der Waals surface area contributed by atoms with Crippen molar-refractivity contribution in [1.82, 2.24) is 0 Å². The van der Waals surface area contributed by atoms with E-state index in [1.165, 1.54) is 32.4 Å². The predicted molar refractivity (Wildman–Crippen MR) is 111 cm³/mol. The van der Waals surface area contributed by atoms with E-state index in [2.05, 4.69) is 0 Å². The topological polar surface area (TPSA) is 61.8 Å². The van der Waals surface area contributed by atoms with Crippen LogP contribution in [-0.2, 0) is 0 Å². The van der Waals surface area contributed by atoms with Crippen molar-refractivity contribution in [2.45, 2.75) is 0 Å². The van der Waals surface area contributed by atoms with Gasteiger partial charge in [-0.25, -0.2) is 9.18 Å².